The van der Waals surface area contributed by atoms with Crippen LogP contribution < -0.4 is 5.43 Å². The molecule has 10 heteroatoms. The molecule has 1 amide bonds. The summed E-state index contributed by atoms with van der Waals surface area (Å²) in [6, 6.07) is 22.1. The number of aromatic nitrogens is 1. The Balaban J connectivity index is 1.46. The zero-order chi connectivity index (χ0) is 27.4. The summed E-state index contributed by atoms with van der Waals surface area (Å²) in [7, 11) is 0. The molecule has 0 aliphatic carbocycles. The first kappa shape index (κ1) is 26.3. The molecule has 0 bridgehead atoms. The molecule has 0 saturated heterocycles. The smallest absolute Gasteiger partial charge is 0.318 e. The molecule has 0 saturated carbocycles. The van der Waals surface area contributed by atoms with E-state index in [0.29, 0.717) is 12.1 Å². The van der Waals surface area contributed by atoms with E-state index < -0.39 is 34.7 Å². The van der Waals surface area contributed by atoms with Gasteiger partial charge in [-0.05, 0) is 49.2 Å². The maximum Gasteiger partial charge on any atom is 0.416 e. The average molecular weight is 521 g/mol. The summed E-state index contributed by atoms with van der Waals surface area (Å²) in [6.07, 6.45) is -3.78. The van der Waals surface area contributed by atoms with Crippen LogP contribution in [0.3, 0.4) is 0 Å². The normalized spacial score (nSPS) is 11.6. The molecule has 1 heterocycles. The number of nitro benzene ring substituents is 1. The number of rotatable bonds is 7. The van der Waals surface area contributed by atoms with Gasteiger partial charge < -0.3 is 4.57 Å². The molecular formula is C28H23F3N4O3. The van der Waals surface area contributed by atoms with Crippen LogP contribution in [0.2, 0.25) is 0 Å². The number of aryl methyl sites for hydroxylation is 1. The van der Waals surface area contributed by atoms with Gasteiger partial charge in [0.2, 0.25) is 5.91 Å². The van der Waals surface area contributed by atoms with E-state index in [4.69, 9.17) is 0 Å². The third kappa shape index (κ3) is 5.80. The lowest BCUT2D eigenvalue weighted by molar-refractivity contribution is -0.385. The fourth-order valence-corrected chi connectivity index (χ4v) is 4.20. The molecule has 0 aliphatic heterocycles. The van der Waals surface area contributed by atoms with Gasteiger partial charge in [0, 0.05) is 34.3 Å². The van der Waals surface area contributed by atoms with Gasteiger partial charge >= 0.3 is 6.18 Å². The van der Waals surface area contributed by atoms with Crippen molar-refractivity contribution in [2.45, 2.75) is 26.4 Å². The van der Waals surface area contributed by atoms with Gasteiger partial charge in [0.1, 0.15) is 0 Å². The first-order chi connectivity index (χ1) is 18.0. The summed E-state index contributed by atoms with van der Waals surface area (Å²) in [5, 5.41) is 15.2. The van der Waals surface area contributed by atoms with E-state index in [1.165, 1.54) is 6.21 Å². The van der Waals surface area contributed by atoms with Gasteiger partial charge in [0.15, 0.2) is 0 Å². The van der Waals surface area contributed by atoms with Crippen LogP contribution in [0.5, 0.6) is 0 Å². The van der Waals surface area contributed by atoms with Crippen LogP contribution in [-0.4, -0.2) is 21.6 Å². The number of nitrogens with zero attached hydrogens (tertiary/aromatic N) is 3. The third-order valence-electron chi connectivity index (χ3n) is 6.06. The number of hydrogen-bond acceptors (Lipinski definition) is 4. The van der Waals surface area contributed by atoms with Gasteiger partial charge in [-0.3, -0.25) is 14.9 Å². The number of nitro groups is 1. The van der Waals surface area contributed by atoms with Gasteiger partial charge in [-0.1, -0.05) is 48.5 Å². The number of nitrogens with one attached hydrogen (secondary N) is 1. The Labute approximate surface area is 216 Å². The Morgan fingerprint density at radius 2 is 1.66 bits per heavy atom. The number of alkyl halides is 3. The molecule has 4 rings (SSSR count). The minimum atomic E-state index is -4.73. The summed E-state index contributed by atoms with van der Waals surface area (Å²) in [5.74, 6) is -0.700. The Morgan fingerprint density at radius 1 is 1.00 bits per heavy atom. The van der Waals surface area contributed by atoms with Gasteiger partial charge in [-0.15, -0.1) is 0 Å². The minimum Gasteiger partial charge on any atom is -0.318 e. The Morgan fingerprint density at radius 3 is 2.29 bits per heavy atom. The lowest BCUT2D eigenvalue weighted by Crippen LogP contribution is -2.20. The van der Waals surface area contributed by atoms with Gasteiger partial charge in [0.25, 0.3) is 5.69 Å². The zero-order valence-corrected chi connectivity index (χ0v) is 20.5. The molecular weight excluding hydrogens is 497 g/mol. The van der Waals surface area contributed by atoms with Crippen molar-refractivity contribution in [1.29, 1.82) is 0 Å². The maximum absolute atomic E-state index is 12.9. The third-order valence-corrected chi connectivity index (χ3v) is 6.06. The Kier molecular flexibility index (Phi) is 7.43. The fourth-order valence-electron chi connectivity index (χ4n) is 4.20. The predicted molar refractivity (Wildman–Crippen MR) is 138 cm³/mol. The quantitative estimate of drug-likeness (QED) is 0.174. The molecule has 194 valence electrons. The second-order valence-electron chi connectivity index (χ2n) is 8.64. The van der Waals surface area contributed by atoms with E-state index in [-0.39, 0.29) is 5.56 Å². The molecule has 0 aliphatic rings. The van der Waals surface area contributed by atoms with Crippen LogP contribution in [-0.2, 0) is 17.4 Å². The highest BCUT2D eigenvalue weighted by Crippen LogP contribution is 2.33. The number of hydrazone groups is 1. The van der Waals surface area contributed by atoms with Crippen molar-refractivity contribution in [3.8, 4) is 16.8 Å². The van der Waals surface area contributed by atoms with Gasteiger partial charge in [-0.2, -0.15) is 18.3 Å². The van der Waals surface area contributed by atoms with E-state index in [2.05, 4.69) is 10.5 Å². The van der Waals surface area contributed by atoms with Crippen molar-refractivity contribution in [3.63, 3.8) is 0 Å². The van der Waals surface area contributed by atoms with E-state index in [0.717, 1.165) is 39.8 Å². The average Bonchev–Trinajstić information content (AvgIpc) is 3.16. The van der Waals surface area contributed by atoms with Crippen LogP contribution in [0.25, 0.3) is 16.8 Å². The summed E-state index contributed by atoms with van der Waals surface area (Å²) >= 11 is 0. The summed E-state index contributed by atoms with van der Waals surface area (Å²) in [5.41, 5.74) is 5.95. The molecule has 0 fully saturated rings. The molecule has 0 radical (unpaired) electrons. The molecule has 4 aromatic rings. The van der Waals surface area contributed by atoms with Crippen molar-refractivity contribution in [1.82, 2.24) is 9.99 Å². The number of hydrogen-bond donors (Lipinski definition) is 1. The Hall–Kier alpha value is -4.73. The molecule has 38 heavy (non-hydrogen) atoms. The van der Waals surface area contributed by atoms with Crippen molar-refractivity contribution in [2.75, 3.05) is 0 Å². The maximum atomic E-state index is 12.9. The van der Waals surface area contributed by atoms with Crippen molar-refractivity contribution >= 4 is 17.8 Å². The van der Waals surface area contributed by atoms with E-state index in [1.54, 1.807) is 0 Å². The molecule has 0 atom stereocenters. The molecule has 7 nitrogen and oxygen atoms in total. The first-order valence-electron chi connectivity index (χ1n) is 11.6. The summed E-state index contributed by atoms with van der Waals surface area (Å²) < 4.78 is 40.7. The monoisotopic (exact) mass is 520 g/mol. The topological polar surface area (TPSA) is 89.5 Å². The standard InChI is InChI=1S/C28H23F3N4O3/c1-18-14-23(19(2)34(18)25-12-9-21(10-13-25)20-6-4-3-5-7-20)17-32-33-27(36)15-22-8-11-24(28(29,30)31)16-26(22)35(37)38/h3-14,16-17H,15H2,1-2H3,(H,33,36)/b32-17-. The SMILES string of the molecule is Cc1cc(/C=N\NC(=O)Cc2ccc(C(F)(F)F)cc2[N+](=O)[O-])c(C)n1-c1ccc(-c2ccccc2)cc1. The summed E-state index contributed by atoms with van der Waals surface area (Å²) in [4.78, 5) is 22.6. The Bertz CT molecular complexity index is 1510. The second kappa shape index (κ2) is 10.7. The molecule has 1 N–H and O–H groups in total. The molecule has 1 aromatic heterocycles. The van der Waals surface area contributed by atoms with Gasteiger partial charge in [-0.25, -0.2) is 5.43 Å². The second-order valence-corrected chi connectivity index (χ2v) is 8.64. The van der Waals surface area contributed by atoms with E-state index >= 15 is 0 Å². The van der Waals surface area contributed by atoms with Crippen LogP contribution in [0.15, 0.2) is 84.0 Å². The number of halogens is 3. The van der Waals surface area contributed by atoms with Gasteiger partial charge in [0.05, 0.1) is 23.1 Å². The number of amides is 1. The minimum absolute atomic E-state index is 0.146. The molecule has 0 spiro atoms. The van der Waals surface area contributed by atoms with Crippen LogP contribution >= 0.6 is 0 Å². The zero-order valence-electron chi connectivity index (χ0n) is 20.5. The van der Waals surface area contributed by atoms with E-state index in [1.807, 2.05) is 79.1 Å². The predicted octanol–water partition coefficient (Wildman–Crippen LogP) is 6.38. The highest BCUT2D eigenvalue weighted by atomic mass is 19.4. The van der Waals surface area contributed by atoms with Crippen molar-refractivity contribution in [3.05, 3.63) is 117 Å². The highest BCUT2D eigenvalue weighted by Gasteiger charge is 2.33. The fraction of sp³-hybridized carbons (Fsp3) is 0.143. The van der Waals surface area contributed by atoms with E-state index in [9.17, 15) is 28.1 Å². The number of carbonyl (C=O) groups is 1. The summed E-state index contributed by atoms with van der Waals surface area (Å²) in [6.45, 7) is 3.85. The lowest BCUT2D eigenvalue weighted by atomic mass is 10.1. The number of carbonyl (C=O) groups excluding carboxylic acids is 1. The van der Waals surface area contributed by atoms with Crippen LogP contribution in [0.1, 0.15) is 28.1 Å². The molecule has 0 unspecified atom stereocenters. The first-order valence-corrected chi connectivity index (χ1v) is 11.6. The molecule has 3 aromatic carbocycles. The van der Waals surface area contributed by atoms with Crippen molar-refractivity contribution in [2.24, 2.45) is 5.10 Å². The van der Waals surface area contributed by atoms with Crippen LogP contribution in [0.4, 0.5) is 18.9 Å². The van der Waals surface area contributed by atoms with Crippen molar-refractivity contribution < 1.29 is 22.9 Å². The number of benzene rings is 3. The van der Waals surface area contributed by atoms with Crippen LogP contribution in [0, 0.1) is 24.0 Å². The largest absolute Gasteiger partial charge is 0.416 e. The highest BCUT2D eigenvalue weighted by molar-refractivity contribution is 5.85. The lowest BCUT2D eigenvalue weighted by Gasteiger charge is -2.11.